The lowest BCUT2D eigenvalue weighted by Gasteiger charge is -2.23. The number of ketones is 1. The van der Waals surface area contributed by atoms with Gasteiger partial charge in [0.25, 0.3) is 0 Å². The Morgan fingerprint density at radius 1 is 1.22 bits per heavy atom. The molecule has 1 aromatic heterocycles. The van der Waals surface area contributed by atoms with E-state index in [1.165, 1.54) is 6.07 Å². The third-order valence-corrected chi connectivity index (χ3v) is 5.91. The Labute approximate surface area is 191 Å². The molecule has 1 aromatic carbocycles. The summed E-state index contributed by atoms with van der Waals surface area (Å²) in [6.07, 6.45) is 1.15. The van der Waals surface area contributed by atoms with Gasteiger partial charge in [0.1, 0.15) is 23.2 Å². The molecule has 2 N–H and O–H groups in total. The second-order valence-electron chi connectivity index (χ2n) is 9.71. The zero-order valence-electron chi connectivity index (χ0n) is 18.8. The Morgan fingerprint density at radius 3 is 2.53 bits per heavy atom. The van der Waals surface area contributed by atoms with Gasteiger partial charge >= 0.3 is 0 Å². The number of halogens is 3. The minimum Gasteiger partial charge on any atom is -0.369 e. The number of aromatic nitrogens is 2. The fourth-order valence-corrected chi connectivity index (χ4v) is 4.34. The van der Waals surface area contributed by atoms with E-state index in [0.29, 0.717) is 25.2 Å². The smallest absolute Gasteiger partial charge is 0.221 e. The Morgan fingerprint density at radius 2 is 1.91 bits per heavy atom. The molecule has 0 unspecified atom stereocenters. The van der Waals surface area contributed by atoms with E-state index in [4.69, 9.17) is 17.3 Å². The van der Waals surface area contributed by atoms with Gasteiger partial charge in [0.2, 0.25) is 5.91 Å². The van der Waals surface area contributed by atoms with Crippen LogP contribution in [0.25, 0.3) is 11.4 Å². The van der Waals surface area contributed by atoms with Crippen LogP contribution in [-0.2, 0) is 17.9 Å². The van der Waals surface area contributed by atoms with Crippen molar-refractivity contribution in [3.63, 3.8) is 0 Å². The van der Waals surface area contributed by atoms with Crippen LogP contribution >= 0.6 is 11.6 Å². The standard InChI is InChI=1S/C23H29ClF2N4O2/c1-23(2,3)11-13(21(27)32)8-19(31)20-18-12-29(4)6-5-7-30(18)22(28-20)14-9-15(24)17(26)10-16(14)25/h9-10,13H,5-8,11-12H2,1-4H3,(H2,27,32)/t13-/m0/s1. The fourth-order valence-electron chi connectivity index (χ4n) is 4.18. The van der Waals surface area contributed by atoms with Crippen LogP contribution in [0.3, 0.4) is 0 Å². The second kappa shape index (κ2) is 9.27. The van der Waals surface area contributed by atoms with Crippen molar-refractivity contribution >= 4 is 23.3 Å². The number of Topliss-reactive ketones (excluding diaryl/α,β-unsaturated/α-hetero) is 1. The minimum absolute atomic E-state index is 0.0300. The zero-order chi connectivity index (χ0) is 23.8. The lowest BCUT2D eigenvalue weighted by molar-refractivity contribution is -0.122. The number of benzene rings is 1. The molecule has 0 bridgehead atoms. The molecule has 0 spiro atoms. The molecule has 1 aliphatic heterocycles. The van der Waals surface area contributed by atoms with Crippen molar-refractivity contribution in [3.8, 4) is 11.4 Å². The molecule has 0 radical (unpaired) electrons. The number of imidazole rings is 1. The molecule has 0 saturated heterocycles. The molecule has 3 rings (SSSR count). The van der Waals surface area contributed by atoms with Crippen LogP contribution in [0.15, 0.2) is 12.1 Å². The summed E-state index contributed by atoms with van der Waals surface area (Å²) in [5, 5.41) is -0.226. The topological polar surface area (TPSA) is 81.2 Å². The number of nitrogens with zero attached hydrogens (tertiary/aromatic N) is 3. The molecular formula is C23H29ClF2N4O2. The molecule has 2 aromatic rings. The number of hydrogen-bond donors (Lipinski definition) is 1. The van der Waals surface area contributed by atoms with Gasteiger partial charge < -0.3 is 15.2 Å². The van der Waals surface area contributed by atoms with E-state index in [9.17, 15) is 18.4 Å². The van der Waals surface area contributed by atoms with Crippen molar-refractivity contribution in [1.29, 1.82) is 0 Å². The van der Waals surface area contributed by atoms with E-state index >= 15 is 0 Å². The van der Waals surface area contributed by atoms with E-state index in [-0.39, 0.29) is 39.7 Å². The first-order valence-corrected chi connectivity index (χ1v) is 11.0. The van der Waals surface area contributed by atoms with Gasteiger partial charge in [0, 0.05) is 31.5 Å². The number of fused-ring (bicyclic) bond motifs is 1. The normalized spacial score (nSPS) is 15.8. The summed E-state index contributed by atoms with van der Waals surface area (Å²) in [5.41, 5.74) is 6.25. The predicted molar refractivity (Wildman–Crippen MR) is 119 cm³/mol. The van der Waals surface area contributed by atoms with E-state index in [0.717, 1.165) is 19.0 Å². The first kappa shape index (κ1) is 24.3. The highest BCUT2D eigenvalue weighted by molar-refractivity contribution is 6.31. The van der Waals surface area contributed by atoms with Gasteiger partial charge in [-0.05, 0) is 37.9 Å². The van der Waals surface area contributed by atoms with E-state index in [1.807, 2.05) is 27.8 Å². The summed E-state index contributed by atoms with van der Waals surface area (Å²) >= 11 is 5.90. The average Bonchev–Trinajstić information content (AvgIpc) is 2.89. The lowest BCUT2D eigenvalue weighted by Crippen LogP contribution is -2.30. The summed E-state index contributed by atoms with van der Waals surface area (Å²) in [5.74, 6) is -2.94. The monoisotopic (exact) mass is 466 g/mol. The molecule has 0 saturated carbocycles. The number of amides is 1. The van der Waals surface area contributed by atoms with Crippen molar-refractivity contribution in [2.75, 3.05) is 13.6 Å². The maximum absolute atomic E-state index is 14.7. The number of primary amides is 1. The van der Waals surface area contributed by atoms with Crippen LogP contribution in [0, 0.1) is 23.0 Å². The molecule has 32 heavy (non-hydrogen) atoms. The van der Waals surface area contributed by atoms with Gasteiger partial charge in [-0.3, -0.25) is 9.59 Å². The SMILES string of the molecule is CN1CCCn2c(-c3cc(Cl)c(F)cc3F)nc(C(=O)C[C@@H](CC(C)(C)C)C(N)=O)c2C1. The first-order chi connectivity index (χ1) is 14.9. The largest absolute Gasteiger partial charge is 0.369 e. The Bertz CT molecular complexity index is 1050. The number of carbonyl (C=O) groups is 2. The Hall–Kier alpha value is -2.32. The molecule has 2 heterocycles. The van der Waals surface area contributed by atoms with E-state index < -0.39 is 23.5 Å². The van der Waals surface area contributed by atoms with Gasteiger partial charge in [-0.25, -0.2) is 13.8 Å². The summed E-state index contributed by atoms with van der Waals surface area (Å²) < 4.78 is 30.2. The third-order valence-electron chi connectivity index (χ3n) is 5.62. The second-order valence-corrected chi connectivity index (χ2v) is 10.1. The van der Waals surface area contributed by atoms with Crippen LogP contribution in [-0.4, -0.2) is 39.7 Å². The van der Waals surface area contributed by atoms with Crippen LogP contribution in [0.2, 0.25) is 5.02 Å². The average molecular weight is 467 g/mol. The number of carbonyl (C=O) groups excluding carboxylic acids is 2. The van der Waals surface area contributed by atoms with Gasteiger partial charge in [0.05, 0.1) is 16.3 Å². The molecular weight excluding hydrogens is 438 g/mol. The summed E-state index contributed by atoms with van der Waals surface area (Å²) in [4.78, 5) is 31.9. The van der Waals surface area contributed by atoms with Crippen molar-refractivity contribution in [3.05, 3.63) is 40.2 Å². The van der Waals surface area contributed by atoms with E-state index in [1.54, 1.807) is 4.57 Å². The fraction of sp³-hybridized carbons (Fsp3) is 0.522. The number of hydrogen-bond acceptors (Lipinski definition) is 4. The van der Waals surface area contributed by atoms with Gasteiger partial charge in [-0.1, -0.05) is 32.4 Å². The highest BCUT2D eigenvalue weighted by Crippen LogP contribution is 2.33. The van der Waals surface area contributed by atoms with Gasteiger partial charge in [-0.15, -0.1) is 0 Å². The summed E-state index contributed by atoms with van der Waals surface area (Å²) in [6, 6.07) is 1.91. The highest BCUT2D eigenvalue weighted by atomic mass is 35.5. The molecule has 9 heteroatoms. The molecule has 0 aliphatic carbocycles. The first-order valence-electron chi connectivity index (χ1n) is 10.6. The van der Waals surface area contributed by atoms with Crippen LogP contribution < -0.4 is 5.73 Å². The Kier molecular flexibility index (Phi) is 7.05. The lowest BCUT2D eigenvalue weighted by atomic mass is 9.82. The maximum atomic E-state index is 14.7. The van der Waals surface area contributed by atoms with E-state index in [2.05, 4.69) is 9.88 Å². The minimum atomic E-state index is -0.863. The Balaban J connectivity index is 2.08. The molecule has 174 valence electrons. The summed E-state index contributed by atoms with van der Waals surface area (Å²) in [7, 11) is 1.93. The third kappa shape index (κ3) is 5.35. The van der Waals surface area contributed by atoms with Crippen LogP contribution in [0.1, 0.15) is 56.2 Å². The number of nitrogens with two attached hydrogens (primary N) is 1. The molecule has 1 atom stereocenters. The van der Waals surface area contributed by atoms with Crippen molar-refractivity contribution in [2.45, 2.75) is 53.1 Å². The maximum Gasteiger partial charge on any atom is 0.221 e. The number of rotatable bonds is 6. The predicted octanol–water partition coefficient (Wildman–Crippen LogP) is 4.43. The van der Waals surface area contributed by atoms with Crippen LogP contribution in [0.5, 0.6) is 0 Å². The molecule has 1 aliphatic rings. The van der Waals surface area contributed by atoms with Crippen molar-refractivity contribution < 1.29 is 18.4 Å². The quantitative estimate of drug-likeness (QED) is 0.504. The van der Waals surface area contributed by atoms with Crippen LogP contribution in [0.4, 0.5) is 8.78 Å². The highest BCUT2D eigenvalue weighted by Gasteiger charge is 2.31. The zero-order valence-corrected chi connectivity index (χ0v) is 19.6. The van der Waals surface area contributed by atoms with Gasteiger partial charge in [0.15, 0.2) is 5.78 Å². The van der Waals surface area contributed by atoms with Crippen molar-refractivity contribution in [2.24, 2.45) is 17.1 Å². The molecule has 6 nitrogen and oxygen atoms in total. The van der Waals surface area contributed by atoms with Crippen molar-refractivity contribution in [1.82, 2.24) is 14.5 Å². The van der Waals surface area contributed by atoms with Gasteiger partial charge in [-0.2, -0.15) is 0 Å². The molecule has 0 fully saturated rings. The molecule has 1 amide bonds. The summed E-state index contributed by atoms with van der Waals surface area (Å²) in [6.45, 7) is 7.67.